The Kier molecular flexibility index (Phi) is 7.56. The van der Waals surface area contributed by atoms with Gasteiger partial charge in [0.2, 0.25) is 0 Å². The lowest BCUT2D eigenvalue weighted by molar-refractivity contribution is 0.389. The third kappa shape index (κ3) is 5.47. The number of benzene rings is 1. The maximum absolute atomic E-state index is 13.6. The predicted octanol–water partition coefficient (Wildman–Crippen LogP) is 2.39. The molecular formula is C24H31N5O6S2. The molecule has 37 heavy (non-hydrogen) atoms. The maximum Gasteiger partial charge on any atom is 0.160 e. The summed E-state index contributed by atoms with van der Waals surface area (Å²) in [5.74, 6) is 0.360. The number of para-hydroxylation sites is 1. The Morgan fingerprint density at radius 2 is 1.70 bits per heavy atom. The Hall–Kier alpha value is -3.06. The number of rotatable bonds is 9. The summed E-state index contributed by atoms with van der Waals surface area (Å²) < 4.78 is 64.4. The second-order valence-electron chi connectivity index (χ2n) is 9.34. The molecule has 0 radical (unpaired) electrons. The zero-order valence-corrected chi connectivity index (χ0v) is 23.1. The summed E-state index contributed by atoms with van der Waals surface area (Å²) in [6.45, 7) is 5.26. The topological polar surface area (TPSA) is 143 Å². The quantitative estimate of drug-likeness (QED) is 0.390. The summed E-state index contributed by atoms with van der Waals surface area (Å²) in [4.78, 5) is 8.60. The standard InChI is InChI=1S/C24H31N5O6S2/c1-15-11-25-23(26-12-15)16(2)17(3)37(32,33)14-21-27-28-24(18-9-10-36(30,31)13-18)29(21)22-19(34-4)7-6-8-20(22)35-5/h6-8,11-12,16-18H,9-10,13-14H2,1-5H3/t16-,17-,18-/m0/s1. The number of hydrogen-bond donors (Lipinski definition) is 0. The van der Waals surface area contributed by atoms with E-state index in [4.69, 9.17) is 9.47 Å². The van der Waals surface area contributed by atoms with E-state index in [-0.39, 0.29) is 17.3 Å². The second kappa shape index (κ2) is 10.4. The van der Waals surface area contributed by atoms with Crippen LogP contribution in [0.2, 0.25) is 0 Å². The average Bonchev–Trinajstić information content (AvgIpc) is 3.44. The summed E-state index contributed by atoms with van der Waals surface area (Å²) in [5.41, 5.74) is 1.30. The van der Waals surface area contributed by atoms with Gasteiger partial charge < -0.3 is 9.47 Å². The van der Waals surface area contributed by atoms with Crippen molar-refractivity contribution in [1.29, 1.82) is 0 Å². The summed E-state index contributed by atoms with van der Waals surface area (Å²) in [6, 6.07) is 5.17. The second-order valence-corrected chi connectivity index (χ2v) is 13.9. The lowest BCUT2D eigenvalue weighted by Gasteiger charge is -2.21. The van der Waals surface area contributed by atoms with Crippen molar-refractivity contribution in [1.82, 2.24) is 24.7 Å². The van der Waals surface area contributed by atoms with Gasteiger partial charge in [0.1, 0.15) is 34.6 Å². The van der Waals surface area contributed by atoms with E-state index in [0.717, 1.165) is 5.56 Å². The molecule has 0 saturated carbocycles. The van der Waals surface area contributed by atoms with Gasteiger partial charge in [-0.05, 0) is 38.0 Å². The highest BCUT2D eigenvalue weighted by Gasteiger charge is 2.37. The molecule has 1 aromatic carbocycles. The molecule has 0 bridgehead atoms. The number of sulfone groups is 2. The number of aryl methyl sites for hydroxylation is 1. The molecule has 200 valence electrons. The smallest absolute Gasteiger partial charge is 0.160 e. The summed E-state index contributed by atoms with van der Waals surface area (Å²) in [5, 5.41) is 7.72. The third-order valence-electron chi connectivity index (χ3n) is 6.79. The van der Waals surface area contributed by atoms with E-state index in [1.54, 1.807) is 49.0 Å². The van der Waals surface area contributed by atoms with Crippen molar-refractivity contribution in [3.63, 3.8) is 0 Å². The fourth-order valence-corrected chi connectivity index (χ4v) is 7.74. The normalized spacial score (nSPS) is 18.9. The first-order chi connectivity index (χ1) is 17.5. The highest BCUT2D eigenvalue weighted by atomic mass is 32.2. The first kappa shape index (κ1) is 27.0. The van der Waals surface area contributed by atoms with Crippen LogP contribution >= 0.6 is 0 Å². The van der Waals surface area contributed by atoms with Crippen molar-refractivity contribution in [3.05, 3.63) is 53.6 Å². The monoisotopic (exact) mass is 549 g/mol. The van der Waals surface area contributed by atoms with Gasteiger partial charge in [-0.3, -0.25) is 4.57 Å². The van der Waals surface area contributed by atoms with Crippen molar-refractivity contribution >= 4 is 19.7 Å². The van der Waals surface area contributed by atoms with Crippen LogP contribution in [-0.2, 0) is 25.4 Å². The lowest BCUT2D eigenvalue weighted by Crippen LogP contribution is -2.27. The number of nitrogens with zero attached hydrogens (tertiary/aromatic N) is 5. The third-order valence-corrected chi connectivity index (χ3v) is 10.8. The number of methoxy groups -OCH3 is 2. The zero-order chi connectivity index (χ0) is 27.0. The molecule has 3 aromatic rings. The molecule has 1 fully saturated rings. The molecule has 1 aliphatic rings. The van der Waals surface area contributed by atoms with Crippen LogP contribution in [0.3, 0.4) is 0 Å². The molecule has 1 aliphatic heterocycles. The summed E-state index contributed by atoms with van der Waals surface area (Å²) >= 11 is 0. The van der Waals surface area contributed by atoms with Gasteiger partial charge >= 0.3 is 0 Å². The minimum atomic E-state index is -3.78. The van der Waals surface area contributed by atoms with Crippen LogP contribution in [0.1, 0.15) is 55.1 Å². The lowest BCUT2D eigenvalue weighted by atomic mass is 10.1. The first-order valence-electron chi connectivity index (χ1n) is 11.8. The molecule has 11 nitrogen and oxygen atoms in total. The maximum atomic E-state index is 13.6. The van der Waals surface area contributed by atoms with Crippen LogP contribution in [0.5, 0.6) is 11.5 Å². The van der Waals surface area contributed by atoms with Gasteiger partial charge in [0, 0.05) is 24.2 Å². The molecule has 3 heterocycles. The molecule has 4 rings (SSSR count). The Bertz CT molecular complexity index is 1460. The molecule has 13 heteroatoms. The van der Waals surface area contributed by atoms with E-state index in [1.165, 1.54) is 14.2 Å². The highest BCUT2D eigenvalue weighted by Crippen LogP contribution is 2.38. The zero-order valence-electron chi connectivity index (χ0n) is 21.4. The minimum absolute atomic E-state index is 0.0340. The Labute approximate surface area is 217 Å². The molecule has 2 aromatic heterocycles. The average molecular weight is 550 g/mol. The van der Waals surface area contributed by atoms with Gasteiger partial charge in [0.25, 0.3) is 0 Å². The van der Waals surface area contributed by atoms with Gasteiger partial charge in [-0.25, -0.2) is 26.8 Å². The van der Waals surface area contributed by atoms with E-state index >= 15 is 0 Å². The first-order valence-corrected chi connectivity index (χ1v) is 15.4. The number of hydrogen-bond acceptors (Lipinski definition) is 10. The van der Waals surface area contributed by atoms with Gasteiger partial charge in [0.05, 0.1) is 31.0 Å². The molecule has 0 N–H and O–H groups in total. The van der Waals surface area contributed by atoms with Crippen molar-refractivity contribution in [2.45, 2.75) is 50.0 Å². The molecule has 1 saturated heterocycles. The fourth-order valence-electron chi connectivity index (χ4n) is 4.45. The van der Waals surface area contributed by atoms with Crippen LogP contribution in [0, 0.1) is 6.92 Å². The summed E-state index contributed by atoms with van der Waals surface area (Å²) in [6.07, 6.45) is 3.68. The minimum Gasteiger partial charge on any atom is -0.494 e. The molecule has 0 aliphatic carbocycles. The van der Waals surface area contributed by atoms with Crippen LogP contribution in [0.4, 0.5) is 0 Å². The molecule has 0 spiro atoms. The fraction of sp³-hybridized carbons (Fsp3) is 0.500. The summed E-state index contributed by atoms with van der Waals surface area (Å²) in [7, 11) is -4.03. The predicted molar refractivity (Wildman–Crippen MR) is 138 cm³/mol. The van der Waals surface area contributed by atoms with Crippen LogP contribution in [0.15, 0.2) is 30.6 Å². The highest BCUT2D eigenvalue weighted by molar-refractivity contribution is 7.91. The molecule has 3 atom stereocenters. The molecular weight excluding hydrogens is 518 g/mol. The van der Waals surface area contributed by atoms with E-state index < -0.39 is 42.5 Å². The number of ether oxygens (including phenoxy) is 2. The van der Waals surface area contributed by atoms with Crippen molar-refractivity contribution in [2.24, 2.45) is 0 Å². The SMILES string of the molecule is COc1cccc(OC)c1-n1c(CS(=O)(=O)[C@@H](C)[C@H](C)c2ncc(C)cn2)nnc1[C@H]1CCS(=O)(=O)C1. The van der Waals surface area contributed by atoms with Crippen molar-refractivity contribution in [2.75, 3.05) is 25.7 Å². The van der Waals surface area contributed by atoms with Gasteiger partial charge in [-0.1, -0.05) is 13.0 Å². The van der Waals surface area contributed by atoms with E-state index in [0.29, 0.717) is 35.3 Å². The largest absolute Gasteiger partial charge is 0.494 e. The molecule has 0 amide bonds. The van der Waals surface area contributed by atoms with E-state index in [9.17, 15) is 16.8 Å². The Morgan fingerprint density at radius 1 is 1.08 bits per heavy atom. The molecule has 0 unspecified atom stereocenters. The van der Waals surface area contributed by atoms with E-state index in [2.05, 4.69) is 20.2 Å². The van der Waals surface area contributed by atoms with Crippen LogP contribution in [0.25, 0.3) is 5.69 Å². The van der Waals surface area contributed by atoms with Crippen LogP contribution < -0.4 is 9.47 Å². The van der Waals surface area contributed by atoms with Crippen molar-refractivity contribution < 1.29 is 26.3 Å². The number of aromatic nitrogens is 5. The van der Waals surface area contributed by atoms with Gasteiger partial charge in [-0.2, -0.15) is 0 Å². The Balaban J connectivity index is 1.79. The van der Waals surface area contributed by atoms with Crippen molar-refractivity contribution in [3.8, 4) is 17.2 Å². The van der Waals surface area contributed by atoms with E-state index in [1.807, 2.05) is 6.92 Å². The van der Waals surface area contributed by atoms with Crippen LogP contribution in [-0.4, -0.2) is 72.5 Å². The Morgan fingerprint density at radius 3 is 2.24 bits per heavy atom. The van der Waals surface area contributed by atoms with Gasteiger partial charge in [0.15, 0.2) is 25.5 Å². The van der Waals surface area contributed by atoms with Gasteiger partial charge in [-0.15, -0.1) is 10.2 Å².